The zero-order valence-electron chi connectivity index (χ0n) is 12.3. The highest BCUT2D eigenvalue weighted by molar-refractivity contribution is 7.89. The molecule has 10 heteroatoms. The average molecular weight is 362 g/mol. The Balaban J connectivity index is 1.95. The molecule has 1 saturated heterocycles. The Morgan fingerprint density at radius 1 is 1.33 bits per heavy atom. The van der Waals surface area contributed by atoms with Gasteiger partial charge in [0.2, 0.25) is 10.0 Å². The first-order chi connectivity index (χ1) is 11.1. The van der Waals surface area contributed by atoms with Crippen LogP contribution in [0.3, 0.4) is 0 Å². The van der Waals surface area contributed by atoms with Gasteiger partial charge in [0, 0.05) is 23.5 Å². The van der Waals surface area contributed by atoms with Crippen molar-refractivity contribution in [3.8, 4) is 0 Å². The third kappa shape index (κ3) is 2.98. The molecule has 1 aromatic carbocycles. The van der Waals surface area contributed by atoms with Gasteiger partial charge in [-0.3, -0.25) is 4.79 Å². The Kier molecular flexibility index (Phi) is 3.83. The zero-order chi connectivity index (χ0) is 17.7. The standard InChI is InChI=1S/C14H13F3N2O4S/c1-7-4-11(13(20)23-7)19-24(21,22)12-6-18-10-5-8(14(15,16)17)2-3-9(10)12/h2-3,5-7,11,18-19H,4H2,1H3. The molecule has 2 N–H and O–H groups in total. The number of benzene rings is 1. The van der Waals surface area contributed by atoms with E-state index in [-0.39, 0.29) is 22.2 Å². The summed E-state index contributed by atoms with van der Waals surface area (Å²) in [7, 11) is -4.09. The Morgan fingerprint density at radius 3 is 2.62 bits per heavy atom. The highest BCUT2D eigenvalue weighted by atomic mass is 32.2. The lowest BCUT2D eigenvalue weighted by atomic mass is 10.1. The molecule has 0 saturated carbocycles. The number of ether oxygens (including phenoxy) is 1. The first-order valence-electron chi connectivity index (χ1n) is 6.99. The highest BCUT2D eigenvalue weighted by Crippen LogP contribution is 2.33. The number of fused-ring (bicyclic) bond motifs is 1. The zero-order valence-corrected chi connectivity index (χ0v) is 13.2. The molecule has 0 spiro atoms. The number of esters is 1. The summed E-state index contributed by atoms with van der Waals surface area (Å²) in [6.07, 6.45) is -3.64. The Bertz CT molecular complexity index is 904. The fourth-order valence-electron chi connectivity index (χ4n) is 2.60. The van der Waals surface area contributed by atoms with Crippen LogP contribution in [0.1, 0.15) is 18.9 Å². The van der Waals surface area contributed by atoms with Gasteiger partial charge in [0.25, 0.3) is 0 Å². The number of cyclic esters (lactones) is 1. The van der Waals surface area contributed by atoms with Crippen LogP contribution in [0.25, 0.3) is 10.9 Å². The van der Waals surface area contributed by atoms with E-state index in [1.54, 1.807) is 6.92 Å². The van der Waals surface area contributed by atoms with Gasteiger partial charge in [0.1, 0.15) is 17.0 Å². The van der Waals surface area contributed by atoms with E-state index in [9.17, 15) is 26.4 Å². The highest BCUT2D eigenvalue weighted by Gasteiger charge is 2.36. The van der Waals surface area contributed by atoms with Crippen molar-refractivity contribution in [2.75, 3.05) is 0 Å². The van der Waals surface area contributed by atoms with Crippen LogP contribution in [0.5, 0.6) is 0 Å². The molecule has 1 fully saturated rings. The number of hydrogen-bond acceptors (Lipinski definition) is 4. The number of carbonyl (C=O) groups excluding carboxylic acids is 1. The Morgan fingerprint density at radius 2 is 2.04 bits per heavy atom. The summed E-state index contributed by atoms with van der Waals surface area (Å²) in [6, 6.07) is 1.71. The first kappa shape index (κ1) is 16.8. The fourth-order valence-corrected chi connectivity index (χ4v) is 3.98. The second-order valence-electron chi connectivity index (χ2n) is 5.57. The van der Waals surface area contributed by atoms with Crippen molar-refractivity contribution >= 4 is 26.9 Å². The molecule has 2 atom stereocenters. The molecule has 24 heavy (non-hydrogen) atoms. The molecule has 1 aromatic heterocycles. The Hall–Kier alpha value is -2.07. The number of aromatic nitrogens is 1. The molecule has 2 heterocycles. The summed E-state index contributed by atoms with van der Waals surface area (Å²) in [6.45, 7) is 1.64. The summed E-state index contributed by atoms with van der Waals surface area (Å²) in [4.78, 5) is 13.9. The van der Waals surface area contributed by atoms with Crippen LogP contribution in [0.2, 0.25) is 0 Å². The largest absolute Gasteiger partial charge is 0.461 e. The molecule has 6 nitrogen and oxygen atoms in total. The molecule has 0 amide bonds. The summed E-state index contributed by atoms with van der Waals surface area (Å²) >= 11 is 0. The third-order valence-corrected chi connectivity index (χ3v) is 5.24. The number of halogens is 3. The molecule has 130 valence electrons. The number of rotatable bonds is 3. The maximum atomic E-state index is 12.7. The minimum absolute atomic E-state index is 0.0348. The molecule has 0 aliphatic carbocycles. The summed E-state index contributed by atoms with van der Waals surface area (Å²) in [5.41, 5.74) is -0.852. The molecule has 3 rings (SSSR count). The van der Waals surface area contributed by atoms with Crippen LogP contribution >= 0.6 is 0 Å². The number of sulfonamides is 1. The molecular weight excluding hydrogens is 349 g/mol. The topological polar surface area (TPSA) is 88.3 Å². The normalized spacial score (nSPS) is 22.1. The van der Waals surface area contributed by atoms with Crippen LogP contribution in [0.15, 0.2) is 29.3 Å². The van der Waals surface area contributed by atoms with Crippen molar-refractivity contribution < 1.29 is 31.1 Å². The van der Waals surface area contributed by atoms with Crippen LogP contribution in [0, 0.1) is 0 Å². The predicted octanol–water partition coefficient (Wildman–Crippen LogP) is 2.17. The predicted molar refractivity (Wildman–Crippen MR) is 77.6 cm³/mol. The van der Waals surface area contributed by atoms with E-state index in [1.165, 1.54) is 0 Å². The summed E-state index contributed by atoms with van der Waals surface area (Å²) in [5.74, 6) is -0.676. The minimum atomic E-state index is -4.53. The Labute approximate surface area is 135 Å². The van der Waals surface area contributed by atoms with E-state index in [0.717, 1.165) is 24.4 Å². The van der Waals surface area contributed by atoms with Gasteiger partial charge >= 0.3 is 12.1 Å². The lowest BCUT2D eigenvalue weighted by Crippen LogP contribution is -2.37. The van der Waals surface area contributed by atoms with E-state index in [2.05, 4.69) is 9.71 Å². The van der Waals surface area contributed by atoms with Gasteiger partial charge in [-0.25, -0.2) is 8.42 Å². The third-order valence-electron chi connectivity index (χ3n) is 3.73. The minimum Gasteiger partial charge on any atom is -0.461 e. The van der Waals surface area contributed by atoms with Crippen LogP contribution in [-0.2, 0) is 25.7 Å². The van der Waals surface area contributed by atoms with Crippen molar-refractivity contribution in [3.05, 3.63) is 30.0 Å². The smallest absolute Gasteiger partial charge is 0.416 e. The van der Waals surface area contributed by atoms with Gasteiger partial charge in [-0.15, -0.1) is 0 Å². The molecule has 0 radical (unpaired) electrons. The van der Waals surface area contributed by atoms with Crippen molar-refractivity contribution in [2.45, 2.75) is 36.6 Å². The van der Waals surface area contributed by atoms with E-state index in [4.69, 9.17) is 4.74 Å². The maximum Gasteiger partial charge on any atom is 0.416 e. The van der Waals surface area contributed by atoms with E-state index in [0.29, 0.717) is 0 Å². The molecule has 1 aliphatic rings. The summed E-state index contributed by atoms with van der Waals surface area (Å²) in [5, 5.41) is 0.106. The summed E-state index contributed by atoms with van der Waals surface area (Å²) < 4.78 is 70.1. The van der Waals surface area contributed by atoms with Gasteiger partial charge in [-0.05, 0) is 19.1 Å². The monoisotopic (exact) mass is 362 g/mol. The molecule has 2 unspecified atom stereocenters. The molecular formula is C14H13F3N2O4S. The molecule has 1 aliphatic heterocycles. The van der Waals surface area contributed by atoms with Crippen LogP contribution in [-0.4, -0.2) is 31.5 Å². The lowest BCUT2D eigenvalue weighted by Gasteiger charge is -2.09. The van der Waals surface area contributed by atoms with Gasteiger partial charge in [0.05, 0.1) is 5.56 Å². The average Bonchev–Trinajstić information content (AvgIpc) is 3.00. The van der Waals surface area contributed by atoms with Crippen molar-refractivity contribution in [1.29, 1.82) is 0 Å². The van der Waals surface area contributed by atoms with Crippen LogP contribution in [0.4, 0.5) is 13.2 Å². The quantitative estimate of drug-likeness (QED) is 0.819. The lowest BCUT2D eigenvalue weighted by molar-refractivity contribution is -0.142. The molecule has 0 bridgehead atoms. The number of alkyl halides is 3. The van der Waals surface area contributed by atoms with Gasteiger partial charge in [-0.2, -0.15) is 17.9 Å². The SMILES string of the molecule is CC1CC(NS(=O)(=O)c2c[nH]c3cc(C(F)(F)F)ccc23)C(=O)O1. The van der Waals surface area contributed by atoms with Crippen molar-refractivity contribution in [1.82, 2.24) is 9.71 Å². The number of carbonyl (C=O) groups is 1. The van der Waals surface area contributed by atoms with E-state index in [1.807, 2.05) is 0 Å². The van der Waals surface area contributed by atoms with Gasteiger partial charge < -0.3 is 9.72 Å². The molecule has 2 aromatic rings. The van der Waals surface area contributed by atoms with Crippen LogP contribution < -0.4 is 4.72 Å². The number of hydrogen-bond donors (Lipinski definition) is 2. The van der Waals surface area contributed by atoms with E-state index >= 15 is 0 Å². The number of nitrogens with one attached hydrogen (secondary N) is 2. The van der Waals surface area contributed by atoms with Gasteiger partial charge in [0.15, 0.2) is 0 Å². The van der Waals surface area contributed by atoms with Crippen molar-refractivity contribution in [3.63, 3.8) is 0 Å². The number of H-pyrrole nitrogens is 1. The van der Waals surface area contributed by atoms with Gasteiger partial charge in [-0.1, -0.05) is 6.07 Å². The maximum absolute atomic E-state index is 12.7. The number of aromatic amines is 1. The second kappa shape index (κ2) is 5.49. The fraction of sp³-hybridized carbons (Fsp3) is 0.357. The first-order valence-corrected chi connectivity index (χ1v) is 8.47. The second-order valence-corrected chi connectivity index (χ2v) is 7.25. The van der Waals surface area contributed by atoms with E-state index < -0.39 is 39.9 Å². The van der Waals surface area contributed by atoms with Crippen molar-refractivity contribution in [2.24, 2.45) is 0 Å².